The van der Waals surface area contributed by atoms with E-state index in [1.807, 2.05) is 6.08 Å². The van der Waals surface area contributed by atoms with Gasteiger partial charge in [0.05, 0.1) is 6.42 Å². The zero-order chi connectivity index (χ0) is 58.5. The van der Waals surface area contributed by atoms with Crippen LogP contribution in [0.4, 0.5) is 0 Å². The van der Waals surface area contributed by atoms with Gasteiger partial charge in [0.15, 0.2) is 6.10 Å². The van der Waals surface area contributed by atoms with E-state index in [9.17, 15) is 14.4 Å². The monoisotopic (exact) mass is 1120 g/mol. The average Bonchev–Trinajstić information content (AvgIpc) is 3.47. The minimum absolute atomic E-state index is 0.117. The molecule has 0 aromatic carbocycles. The van der Waals surface area contributed by atoms with E-state index in [4.69, 9.17) is 14.2 Å². The Morgan fingerprint density at radius 2 is 0.531 bits per heavy atom. The molecule has 0 aromatic rings. The van der Waals surface area contributed by atoms with Crippen LogP contribution in [0.25, 0.3) is 0 Å². The maximum absolute atomic E-state index is 12.9. The molecular formula is C75H120O6. The van der Waals surface area contributed by atoms with Crippen LogP contribution in [0.15, 0.2) is 158 Å². The van der Waals surface area contributed by atoms with E-state index >= 15 is 0 Å². The van der Waals surface area contributed by atoms with Gasteiger partial charge in [-0.05, 0) is 109 Å². The van der Waals surface area contributed by atoms with Crippen molar-refractivity contribution >= 4 is 17.9 Å². The highest BCUT2D eigenvalue weighted by atomic mass is 16.6. The molecule has 0 rings (SSSR count). The molecule has 0 saturated carbocycles. The molecule has 0 radical (unpaired) electrons. The summed E-state index contributed by atoms with van der Waals surface area (Å²) < 4.78 is 16.8. The number of unbranched alkanes of at least 4 members (excludes halogenated alkanes) is 22. The van der Waals surface area contributed by atoms with E-state index in [0.717, 1.165) is 135 Å². The summed E-state index contributed by atoms with van der Waals surface area (Å²) >= 11 is 0. The number of carbonyl (C=O) groups excluding carboxylic acids is 3. The van der Waals surface area contributed by atoms with E-state index < -0.39 is 12.1 Å². The lowest BCUT2D eigenvalue weighted by Crippen LogP contribution is -2.30. The summed E-state index contributed by atoms with van der Waals surface area (Å²) in [7, 11) is 0. The molecule has 6 heteroatoms. The van der Waals surface area contributed by atoms with Gasteiger partial charge in [0.2, 0.25) is 0 Å². The van der Waals surface area contributed by atoms with Gasteiger partial charge >= 0.3 is 17.9 Å². The van der Waals surface area contributed by atoms with Crippen LogP contribution < -0.4 is 0 Å². The SMILES string of the molecule is CC/C=C\C/C=C\C/C=C\C/C=C\C/C=C\C/C=C\C/C=C\C/C=C\CCCCCCC(=O)OCC(COC(=O)C/C=C\C/C=C\C/C=C\C/C=C\C/C=C\CC)OC(=O)CCCCCCCCCCCCCCCCCCCCC. The van der Waals surface area contributed by atoms with Gasteiger partial charge in [-0.3, -0.25) is 14.4 Å². The molecule has 456 valence electrons. The van der Waals surface area contributed by atoms with Gasteiger partial charge in [-0.25, -0.2) is 0 Å². The molecule has 1 unspecified atom stereocenters. The van der Waals surface area contributed by atoms with Crippen molar-refractivity contribution in [3.05, 3.63) is 158 Å². The predicted octanol–water partition coefficient (Wildman–Crippen LogP) is 22.9. The second kappa shape index (κ2) is 67.5. The quantitative estimate of drug-likeness (QED) is 0.0261. The number of carbonyl (C=O) groups is 3. The summed E-state index contributed by atoms with van der Waals surface area (Å²) in [5.41, 5.74) is 0. The fourth-order valence-electron chi connectivity index (χ4n) is 8.71. The summed E-state index contributed by atoms with van der Waals surface area (Å²) in [6.07, 6.45) is 98.5. The third-order valence-electron chi connectivity index (χ3n) is 13.6. The number of allylic oxidation sites excluding steroid dienone is 25. The second-order valence-corrected chi connectivity index (χ2v) is 21.3. The molecule has 6 nitrogen and oxygen atoms in total. The average molecular weight is 1120 g/mol. The molecule has 0 N–H and O–H groups in total. The van der Waals surface area contributed by atoms with Crippen LogP contribution in [0.3, 0.4) is 0 Å². The zero-order valence-corrected chi connectivity index (χ0v) is 52.2. The maximum atomic E-state index is 12.9. The van der Waals surface area contributed by atoms with Crippen LogP contribution in [0.2, 0.25) is 0 Å². The summed E-state index contributed by atoms with van der Waals surface area (Å²) in [6.45, 7) is 6.32. The highest BCUT2D eigenvalue weighted by Crippen LogP contribution is 2.16. The lowest BCUT2D eigenvalue weighted by Gasteiger charge is -2.18. The molecular weight excluding hydrogens is 997 g/mol. The number of rotatable bonds is 58. The number of esters is 3. The molecule has 0 spiro atoms. The van der Waals surface area contributed by atoms with Crippen molar-refractivity contribution in [1.29, 1.82) is 0 Å². The molecule has 0 aliphatic carbocycles. The number of hydrogen-bond donors (Lipinski definition) is 0. The summed E-state index contributed by atoms with van der Waals surface area (Å²) in [6, 6.07) is 0. The Hall–Kier alpha value is -4.97. The molecule has 0 heterocycles. The Morgan fingerprint density at radius 1 is 0.272 bits per heavy atom. The maximum Gasteiger partial charge on any atom is 0.309 e. The van der Waals surface area contributed by atoms with Crippen LogP contribution in [0, 0.1) is 0 Å². The largest absolute Gasteiger partial charge is 0.462 e. The minimum atomic E-state index is -0.836. The van der Waals surface area contributed by atoms with Crippen LogP contribution >= 0.6 is 0 Å². The van der Waals surface area contributed by atoms with Gasteiger partial charge < -0.3 is 14.2 Å². The van der Waals surface area contributed by atoms with Gasteiger partial charge in [0, 0.05) is 12.8 Å². The third kappa shape index (κ3) is 65.7. The molecule has 1 atom stereocenters. The van der Waals surface area contributed by atoms with Gasteiger partial charge in [-0.1, -0.05) is 307 Å². The van der Waals surface area contributed by atoms with Gasteiger partial charge in [0.25, 0.3) is 0 Å². The Kier molecular flexibility index (Phi) is 63.4. The van der Waals surface area contributed by atoms with Crippen molar-refractivity contribution in [2.45, 2.75) is 284 Å². The standard InChI is InChI=1S/C75H120O6/c1-4-7-10-13-16-19-22-25-28-30-32-33-34-35-36-37-38-39-40-41-43-44-47-50-53-56-59-62-65-68-74(77)80-71-72(70-79-73(76)67-64-61-58-55-52-49-46-27-24-21-18-15-12-9-6-3)81-75(78)69-66-63-60-57-54-51-48-45-42-31-29-26-23-20-17-14-11-8-5-2/h7,9-10,12,16,18-19,21,25,27-28,32-33,35-36,38-39,41,43,46-47,50,52,55,61,64,72H,4-6,8,11,13-15,17,20,22-24,26,29-31,34,37,40,42,44-45,48-49,51,53-54,56-60,62-63,65-71H2,1-3H3/b10-7-,12-9-,19-16-,21-18-,28-25-,33-32-,36-35-,39-38-,43-41-,46-27-,50-47-,55-52-,64-61-. The van der Waals surface area contributed by atoms with Crippen LogP contribution in [0.1, 0.15) is 278 Å². The van der Waals surface area contributed by atoms with Crippen molar-refractivity contribution < 1.29 is 28.6 Å². The molecule has 0 aliphatic rings. The van der Waals surface area contributed by atoms with Crippen molar-refractivity contribution in [3.8, 4) is 0 Å². The summed E-state index contributed by atoms with van der Waals surface area (Å²) in [5.74, 6) is -1.08. The van der Waals surface area contributed by atoms with Crippen LogP contribution in [-0.2, 0) is 28.6 Å². The minimum Gasteiger partial charge on any atom is -0.462 e. The normalized spacial score (nSPS) is 13.2. The van der Waals surface area contributed by atoms with Crippen molar-refractivity contribution in [1.82, 2.24) is 0 Å². The Balaban J connectivity index is 4.48. The molecule has 0 fully saturated rings. The molecule has 81 heavy (non-hydrogen) atoms. The summed E-state index contributed by atoms with van der Waals surface area (Å²) in [4.78, 5) is 38.3. The molecule has 0 saturated heterocycles. The van der Waals surface area contributed by atoms with Gasteiger partial charge in [0.1, 0.15) is 13.2 Å². The van der Waals surface area contributed by atoms with E-state index in [1.54, 1.807) is 6.08 Å². The van der Waals surface area contributed by atoms with Crippen LogP contribution in [-0.4, -0.2) is 37.2 Å². The first kappa shape index (κ1) is 76.0. The molecule has 0 aliphatic heterocycles. The first-order valence-corrected chi connectivity index (χ1v) is 33.0. The zero-order valence-electron chi connectivity index (χ0n) is 52.2. The molecule has 0 amide bonds. The van der Waals surface area contributed by atoms with E-state index in [1.165, 1.54) is 103 Å². The van der Waals surface area contributed by atoms with Gasteiger partial charge in [-0.2, -0.15) is 0 Å². The smallest absolute Gasteiger partial charge is 0.309 e. The first-order chi connectivity index (χ1) is 40.0. The van der Waals surface area contributed by atoms with Crippen molar-refractivity contribution in [3.63, 3.8) is 0 Å². The first-order valence-electron chi connectivity index (χ1n) is 33.0. The Morgan fingerprint density at radius 3 is 0.864 bits per heavy atom. The van der Waals surface area contributed by atoms with E-state index in [0.29, 0.717) is 12.8 Å². The third-order valence-corrected chi connectivity index (χ3v) is 13.6. The molecule has 0 aromatic heterocycles. The lowest BCUT2D eigenvalue weighted by molar-refractivity contribution is -0.166. The topological polar surface area (TPSA) is 78.9 Å². The van der Waals surface area contributed by atoms with Gasteiger partial charge in [-0.15, -0.1) is 0 Å². The second-order valence-electron chi connectivity index (χ2n) is 21.3. The number of ether oxygens (including phenoxy) is 3. The van der Waals surface area contributed by atoms with Crippen molar-refractivity contribution in [2.75, 3.05) is 13.2 Å². The lowest BCUT2D eigenvalue weighted by atomic mass is 10.0. The predicted molar refractivity (Wildman–Crippen MR) is 352 cm³/mol. The van der Waals surface area contributed by atoms with Crippen LogP contribution in [0.5, 0.6) is 0 Å². The van der Waals surface area contributed by atoms with Crippen molar-refractivity contribution in [2.24, 2.45) is 0 Å². The fourth-order valence-corrected chi connectivity index (χ4v) is 8.71. The Bertz CT molecular complexity index is 1810. The highest BCUT2D eigenvalue weighted by Gasteiger charge is 2.19. The number of hydrogen-bond acceptors (Lipinski definition) is 6. The Labute approximate surface area is 499 Å². The summed E-state index contributed by atoms with van der Waals surface area (Å²) in [5, 5.41) is 0. The van der Waals surface area contributed by atoms with E-state index in [-0.39, 0.29) is 31.6 Å². The van der Waals surface area contributed by atoms with E-state index in [2.05, 4.69) is 167 Å². The highest BCUT2D eigenvalue weighted by molar-refractivity contribution is 5.72. The fraction of sp³-hybridized carbons (Fsp3) is 0.613. The molecule has 0 bridgehead atoms.